The summed E-state index contributed by atoms with van der Waals surface area (Å²) >= 11 is 0. The lowest BCUT2D eigenvalue weighted by atomic mass is 9.93. The minimum absolute atomic E-state index is 0.522. The number of nitrogens with two attached hydrogens (primary N) is 2. The van der Waals surface area contributed by atoms with Crippen molar-refractivity contribution in [1.82, 2.24) is 4.98 Å². The van der Waals surface area contributed by atoms with Crippen molar-refractivity contribution >= 4 is 11.5 Å². The number of nitrogens with zero attached hydrogens (tertiary/aromatic N) is 1. The highest BCUT2D eigenvalue weighted by atomic mass is 14.9. The van der Waals surface area contributed by atoms with Crippen molar-refractivity contribution in [1.29, 1.82) is 0 Å². The fraction of sp³-hybridized carbons (Fsp3) is 0.115. The molecule has 29 heavy (non-hydrogen) atoms. The average molecular weight is 380 g/mol. The van der Waals surface area contributed by atoms with Crippen molar-refractivity contribution < 1.29 is 0 Å². The standard InChI is InChI=1S/C26H25N3/c27-25-22(16-19-10-4-1-5-11-19)24(18-21-14-8-3-9-15-21)29-26(28)23(25)17-20-12-6-2-7-13-20/h1-15H,16-18H2,(H4,27,28,29). The molecule has 1 heterocycles. The highest BCUT2D eigenvalue weighted by Crippen LogP contribution is 2.30. The average Bonchev–Trinajstić information content (AvgIpc) is 2.76. The molecule has 4 aromatic rings. The van der Waals surface area contributed by atoms with Gasteiger partial charge in [0.2, 0.25) is 0 Å². The Bertz CT molecular complexity index is 1080. The van der Waals surface area contributed by atoms with Crippen LogP contribution < -0.4 is 11.5 Å². The number of nitrogen functional groups attached to an aromatic ring is 2. The summed E-state index contributed by atoms with van der Waals surface area (Å²) in [5.41, 5.74) is 20.4. The Labute approximate surface area is 172 Å². The number of pyridine rings is 1. The molecule has 0 atom stereocenters. The number of aromatic nitrogens is 1. The van der Waals surface area contributed by atoms with Gasteiger partial charge >= 0.3 is 0 Å². The van der Waals surface area contributed by atoms with E-state index in [9.17, 15) is 0 Å². The van der Waals surface area contributed by atoms with Gasteiger partial charge in [-0.25, -0.2) is 4.98 Å². The molecule has 0 aliphatic heterocycles. The second kappa shape index (κ2) is 8.61. The first-order valence-electron chi connectivity index (χ1n) is 9.88. The van der Waals surface area contributed by atoms with Gasteiger partial charge in [0.1, 0.15) is 5.82 Å². The van der Waals surface area contributed by atoms with Crippen LogP contribution in [0.5, 0.6) is 0 Å². The molecular formula is C26H25N3. The van der Waals surface area contributed by atoms with Crippen molar-refractivity contribution in [3.05, 3.63) is 125 Å². The number of rotatable bonds is 6. The minimum Gasteiger partial charge on any atom is -0.398 e. The zero-order valence-electron chi connectivity index (χ0n) is 16.4. The van der Waals surface area contributed by atoms with Crippen LogP contribution in [0.15, 0.2) is 91.0 Å². The van der Waals surface area contributed by atoms with Crippen LogP contribution in [0.3, 0.4) is 0 Å². The topological polar surface area (TPSA) is 64.9 Å². The zero-order valence-corrected chi connectivity index (χ0v) is 16.4. The van der Waals surface area contributed by atoms with Crippen molar-refractivity contribution in [2.45, 2.75) is 19.3 Å². The summed E-state index contributed by atoms with van der Waals surface area (Å²) in [6.07, 6.45) is 2.13. The quantitative estimate of drug-likeness (QED) is 0.494. The SMILES string of the molecule is Nc1nc(Cc2ccccc2)c(Cc2ccccc2)c(N)c1Cc1ccccc1. The molecule has 0 spiro atoms. The molecule has 4 rings (SSSR count). The third kappa shape index (κ3) is 4.46. The van der Waals surface area contributed by atoms with E-state index in [1.807, 2.05) is 42.5 Å². The number of benzene rings is 3. The van der Waals surface area contributed by atoms with E-state index in [0.29, 0.717) is 18.7 Å². The number of anilines is 2. The Morgan fingerprint density at radius 2 is 0.931 bits per heavy atom. The molecule has 144 valence electrons. The summed E-state index contributed by atoms with van der Waals surface area (Å²) in [5, 5.41) is 0. The van der Waals surface area contributed by atoms with Gasteiger partial charge in [-0.15, -0.1) is 0 Å². The van der Waals surface area contributed by atoms with E-state index in [1.54, 1.807) is 0 Å². The first-order chi connectivity index (χ1) is 14.2. The summed E-state index contributed by atoms with van der Waals surface area (Å²) in [7, 11) is 0. The van der Waals surface area contributed by atoms with Gasteiger partial charge in [-0.2, -0.15) is 0 Å². The lowest BCUT2D eigenvalue weighted by molar-refractivity contribution is 0.995. The zero-order chi connectivity index (χ0) is 20.1. The predicted octanol–water partition coefficient (Wildman–Crippen LogP) is 5.02. The summed E-state index contributed by atoms with van der Waals surface area (Å²) in [6.45, 7) is 0. The van der Waals surface area contributed by atoms with Crippen LogP contribution in [-0.4, -0.2) is 4.98 Å². The molecule has 0 aliphatic carbocycles. The summed E-state index contributed by atoms with van der Waals surface area (Å²) in [6, 6.07) is 31.0. The second-order valence-corrected chi connectivity index (χ2v) is 7.30. The van der Waals surface area contributed by atoms with Gasteiger partial charge in [0.25, 0.3) is 0 Å². The number of hydrogen-bond acceptors (Lipinski definition) is 3. The Hall–Kier alpha value is -3.59. The first-order valence-corrected chi connectivity index (χ1v) is 9.88. The Morgan fingerprint density at radius 3 is 1.41 bits per heavy atom. The molecule has 0 bridgehead atoms. The molecule has 0 saturated carbocycles. The molecule has 0 amide bonds. The predicted molar refractivity (Wildman–Crippen MR) is 121 cm³/mol. The molecule has 0 saturated heterocycles. The third-order valence-corrected chi connectivity index (χ3v) is 5.23. The van der Waals surface area contributed by atoms with Crippen LogP contribution in [0.4, 0.5) is 11.5 Å². The van der Waals surface area contributed by atoms with Gasteiger partial charge in [-0.05, 0) is 16.7 Å². The smallest absolute Gasteiger partial charge is 0.129 e. The lowest BCUT2D eigenvalue weighted by Gasteiger charge is -2.18. The molecule has 3 nitrogen and oxygen atoms in total. The Balaban J connectivity index is 1.77. The third-order valence-electron chi connectivity index (χ3n) is 5.23. The Morgan fingerprint density at radius 1 is 0.517 bits per heavy atom. The van der Waals surface area contributed by atoms with Crippen LogP contribution in [-0.2, 0) is 19.3 Å². The van der Waals surface area contributed by atoms with Crippen LogP contribution in [0.2, 0.25) is 0 Å². The maximum absolute atomic E-state index is 6.71. The van der Waals surface area contributed by atoms with E-state index >= 15 is 0 Å². The fourth-order valence-corrected chi connectivity index (χ4v) is 3.67. The van der Waals surface area contributed by atoms with Crippen molar-refractivity contribution in [2.24, 2.45) is 0 Å². The molecule has 0 aliphatic rings. The van der Waals surface area contributed by atoms with Gasteiger partial charge in [-0.3, -0.25) is 0 Å². The van der Waals surface area contributed by atoms with Gasteiger partial charge < -0.3 is 11.5 Å². The summed E-state index contributed by atoms with van der Waals surface area (Å²) < 4.78 is 0. The van der Waals surface area contributed by atoms with Gasteiger partial charge in [-0.1, -0.05) is 91.0 Å². The maximum atomic E-state index is 6.71. The van der Waals surface area contributed by atoms with E-state index in [-0.39, 0.29) is 0 Å². The minimum atomic E-state index is 0.522. The molecule has 0 fully saturated rings. The van der Waals surface area contributed by atoms with Crippen LogP contribution in [0, 0.1) is 0 Å². The van der Waals surface area contributed by atoms with Crippen LogP contribution in [0.1, 0.15) is 33.5 Å². The lowest BCUT2D eigenvalue weighted by Crippen LogP contribution is -2.12. The second-order valence-electron chi connectivity index (χ2n) is 7.30. The summed E-state index contributed by atoms with van der Waals surface area (Å²) in [4.78, 5) is 4.82. The molecule has 1 aromatic heterocycles. The van der Waals surface area contributed by atoms with Gasteiger partial charge in [0.05, 0.1) is 5.69 Å². The molecule has 3 aromatic carbocycles. The van der Waals surface area contributed by atoms with E-state index in [1.165, 1.54) is 16.7 Å². The fourth-order valence-electron chi connectivity index (χ4n) is 3.67. The van der Waals surface area contributed by atoms with Crippen molar-refractivity contribution in [3.8, 4) is 0 Å². The van der Waals surface area contributed by atoms with E-state index in [4.69, 9.17) is 16.5 Å². The molecule has 0 radical (unpaired) electrons. The maximum Gasteiger partial charge on any atom is 0.129 e. The Kier molecular flexibility index (Phi) is 5.57. The van der Waals surface area contributed by atoms with Crippen LogP contribution >= 0.6 is 0 Å². The van der Waals surface area contributed by atoms with Gasteiger partial charge in [0, 0.05) is 36.1 Å². The van der Waals surface area contributed by atoms with E-state index < -0.39 is 0 Å². The molecule has 0 unspecified atom stereocenters. The summed E-state index contributed by atoms with van der Waals surface area (Å²) in [5.74, 6) is 0.522. The normalized spacial score (nSPS) is 10.8. The van der Waals surface area contributed by atoms with E-state index in [2.05, 4.69) is 48.5 Å². The van der Waals surface area contributed by atoms with Crippen LogP contribution in [0.25, 0.3) is 0 Å². The van der Waals surface area contributed by atoms with Crippen molar-refractivity contribution in [2.75, 3.05) is 11.5 Å². The van der Waals surface area contributed by atoms with E-state index in [0.717, 1.165) is 28.9 Å². The highest BCUT2D eigenvalue weighted by molar-refractivity contribution is 5.66. The monoisotopic (exact) mass is 379 g/mol. The molecular weight excluding hydrogens is 354 g/mol. The number of hydrogen-bond donors (Lipinski definition) is 2. The van der Waals surface area contributed by atoms with Gasteiger partial charge in [0.15, 0.2) is 0 Å². The first kappa shape index (κ1) is 18.8. The molecule has 3 heteroatoms. The highest BCUT2D eigenvalue weighted by Gasteiger charge is 2.17. The van der Waals surface area contributed by atoms with Crippen molar-refractivity contribution in [3.63, 3.8) is 0 Å². The largest absolute Gasteiger partial charge is 0.398 e. The molecule has 4 N–H and O–H groups in total.